The fraction of sp³-hybridized carbons (Fsp3) is 0.0714. The van der Waals surface area contributed by atoms with Crippen LogP contribution in [0, 0.1) is 0 Å². The number of imidazole rings is 1. The molecular formula is C14H8ClF3N2. The van der Waals surface area contributed by atoms with E-state index in [0.717, 1.165) is 6.07 Å². The first-order chi connectivity index (χ1) is 9.48. The van der Waals surface area contributed by atoms with Crippen LogP contribution in [0.5, 0.6) is 0 Å². The summed E-state index contributed by atoms with van der Waals surface area (Å²) in [7, 11) is 0. The number of rotatable bonds is 1. The van der Waals surface area contributed by atoms with Gasteiger partial charge in [0.1, 0.15) is 5.82 Å². The summed E-state index contributed by atoms with van der Waals surface area (Å²) in [4.78, 5) is 4.08. The van der Waals surface area contributed by atoms with E-state index in [4.69, 9.17) is 11.6 Å². The minimum Gasteiger partial charge on any atom is -0.298 e. The molecule has 3 rings (SSSR count). The number of alkyl halides is 3. The number of pyridine rings is 1. The van der Waals surface area contributed by atoms with Gasteiger partial charge in [-0.2, -0.15) is 13.2 Å². The molecular weight excluding hydrogens is 289 g/mol. The van der Waals surface area contributed by atoms with Crippen molar-refractivity contribution in [1.82, 2.24) is 9.38 Å². The molecule has 0 radical (unpaired) electrons. The molecule has 0 aliphatic heterocycles. The average Bonchev–Trinajstić information content (AvgIpc) is 2.83. The average molecular weight is 297 g/mol. The van der Waals surface area contributed by atoms with Crippen LogP contribution in [0.2, 0.25) is 5.02 Å². The molecule has 102 valence electrons. The predicted octanol–water partition coefficient (Wildman–Crippen LogP) is 4.67. The quantitative estimate of drug-likeness (QED) is 0.637. The van der Waals surface area contributed by atoms with Gasteiger partial charge in [0.25, 0.3) is 0 Å². The topological polar surface area (TPSA) is 17.3 Å². The predicted molar refractivity (Wildman–Crippen MR) is 70.6 cm³/mol. The molecule has 0 unspecified atom stereocenters. The van der Waals surface area contributed by atoms with E-state index in [1.807, 2.05) is 0 Å². The summed E-state index contributed by atoms with van der Waals surface area (Å²) in [6, 6.07) is 8.68. The zero-order chi connectivity index (χ0) is 14.3. The monoisotopic (exact) mass is 296 g/mol. The summed E-state index contributed by atoms with van der Waals surface area (Å²) in [6.45, 7) is 0. The van der Waals surface area contributed by atoms with E-state index in [1.165, 1.54) is 18.3 Å². The summed E-state index contributed by atoms with van der Waals surface area (Å²) < 4.78 is 40.7. The molecule has 1 aromatic carbocycles. The molecule has 2 heterocycles. The van der Waals surface area contributed by atoms with Crippen molar-refractivity contribution in [3.8, 4) is 11.4 Å². The van der Waals surface area contributed by atoms with Crippen molar-refractivity contribution in [2.45, 2.75) is 6.18 Å². The second-order valence-electron chi connectivity index (χ2n) is 4.24. The number of halogens is 4. The number of fused-ring (bicyclic) bond motifs is 1. The highest BCUT2D eigenvalue weighted by Gasteiger charge is 2.34. The lowest BCUT2D eigenvalue weighted by atomic mass is 10.1. The van der Waals surface area contributed by atoms with Crippen molar-refractivity contribution in [3.05, 3.63) is 59.4 Å². The van der Waals surface area contributed by atoms with Gasteiger partial charge in [0.2, 0.25) is 0 Å². The van der Waals surface area contributed by atoms with Crippen LogP contribution >= 0.6 is 11.6 Å². The molecule has 0 aliphatic carbocycles. The minimum atomic E-state index is -4.43. The maximum Gasteiger partial charge on any atom is 0.417 e. The lowest BCUT2D eigenvalue weighted by molar-refractivity contribution is -0.137. The van der Waals surface area contributed by atoms with E-state index in [2.05, 4.69) is 4.98 Å². The Labute approximate surface area is 117 Å². The Morgan fingerprint density at radius 2 is 1.80 bits per heavy atom. The smallest absolute Gasteiger partial charge is 0.298 e. The number of nitrogens with zero attached hydrogens (tertiary/aromatic N) is 2. The molecule has 0 bridgehead atoms. The standard InChI is InChI=1S/C14H8ClF3N2/c15-11-6-3-7-20-12(11)8-19-13(20)9-4-1-2-5-10(9)14(16,17)18/h1-8H. The zero-order valence-electron chi connectivity index (χ0n) is 10.0. The maximum atomic E-state index is 13.1. The highest BCUT2D eigenvalue weighted by atomic mass is 35.5. The van der Waals surface area contributed by atoms with Crippen LogP contribution in [0.3, 0.4) is 0 Å². The van der Waals surface area contributed by atoms with Gasteiger partial charge in [-0.15, -0.1) is 0 Å². The van der Waals surface area contributed by atoms with Gasteiger partial charge in [0, 0.05) is 11.8 Å². The van der Waals surface area contributed by atoms with Gasteiger partial charge in [-0.1, -0.05) is 29.8 Å². The third-order valence-electron chi connectivity index (χ3n) is 2.99. The summed E-state index contributed by atoms with van der Waals surface area (Å²) in [5, 5.41) is 0.440. The van der Waals surface area contributed by atoms with E-state index in [9.17, 15) is 13.2 Å². The van der Waals surface area contributed by atoms with Gasteiger partial charge in [-0.25, -0.2) is 4.98 Å². The number of hydrogen-bond acceptors (Lipinski definition) is 1. The van der Waals surface area contributed by atoms with Crippen molar-refractivity contribution >= 4 is 17.1 Å². The fourth-order valence-electron chi connectivity index (χ4n) is 2.11. The normalized spacial score (nSPS) is 12.0. The van der Waals surface area contributed by atoms with Crippen LogP contribution in [0.1, 0.15) is 5.56 Å². The van der Waals surface area contributed by atoms with Crippen molar-refractivity contribution in [2.75, 3.05) is 0 Å². The van der Waals surface area contributed by atoms with Gasteiger partial charge in [0.05, 0.1) is 22.3 Å². The summed E-state index contributed by atoms with van der Waals surface area (Å²) in [5.41, 5.74) is -0.115. The Balaban J connectivity index is 2.30. The summed E-state index contributed by atoms with van der Waals surface area (Å²) >= 11 is 6.00. The molecule has 0 saturated heterocycles. The van der Waals surface area contributed by atoms with Crippen LogP contribution in [0.15, 0.2) is 48.8 Å². The molecule has 0 spiro atoms. The third kappa shape index (κ3) is 2.04. The second kappa shape index (κ2) is 4.52. The molecule has 3 aromatic rings. The van der Waals surface area contributed by atoms with E-state index >= 15 is 0 Å². The molecule has 0 atom stereocenters. The molecule has 0 saturated carbocycles. The molecule has 2 nitrogen and oxygen atoms in total. The summed E-state index contributed by atoms with van der Waals surface area (Å²) in [5.74, 6) is 0.218. The molecule has 2 aromatic heterocycles. The second-order valence-corrected chi connectivity index (χ2v) is 4.64. The molecule has 20 heavy (non-hydrogen) atoms. The number of hydrogen-bond donors (Lipinski definition) is 0. The summed E-state index contributed by atoms with van der Waals surface area (Å²) in [6.07, 6.45) is -1.33. The van der Waals surface area contributed by atoms with E-state index < -0.39 is 11.7 Å². The van der Waals surface area contributed by atoms with Crippen LogP contribution in [0.25, 0.3) is 16.9 Å². The van der Waals surface area contributed by atoms with E-state index in [0.29, 0.717) is 10.5 Å². The van der Waals surface area contributed by atoms with Crippen molar-refractivity contribution < 1.29 is 13.2 Å². The highest BCUT2D eigenvalue weighted by molar-refractivity contribution is 6.33. The molecule has 0 fully saturated rings. The highest BCUT2D eigenvalue weighted by Crippen LogP contribution is 2.36. The van der Waals surface area contributed by atoms with Gasteiger partial charge in [0.15, 0.2) is 0 Å². The van der Waals surface area contributed by atoms with Crippen molar-refractivity contribution in [3.63, 3.8) is 0 Å². The molecule has 0 aliphatic rings. The molecule has 0 amide bonds. The lowest BCUT2D eigenvalue weighted by Gasteiger charge is -2.11. The van der Waals surface area contributed by atoms with Crippen LogP contribution in [-0.4, -0.2) is 9.38 Å². The minimum absolute atomic E-state index is 0.0299. The van der Waals surface area contributed by atoms with Crippen LogP contribution < -0.4 is 0 Å². The Hall–Kier alpha value is -2.01. The fourth-order valence-corrected chi connectivity index (χ4v) is 2.32. The first-order valence-electron chi connectivity index (χ1n) is 5.76. The van der Waals surface area contributed by atoms with Gasteiger partial charge in [-0.3, -0.25) is 4.40 Å². The molecule has 6 heteroatoms. The first-order valence-corrected chi connectivity index (χ1v) is 6.14. The van der Waals surface area contributed by atoms with Crippen molar-refractivity contribution in [1.29, 1.82) is 0 Å². The Kier molecular flexibility index (Phi) is 2.94. The van der Waals surface area contributed by atoms with Gasteiger partial charge in [-0.05, 0) is 18.2 Å². The van der Waals surface area contributed by atoms with Gasteiger partial charge >= 0.3 is 6.18 Å². The third-order valence-corrected chi connectivity index (χ3v) is 3.31. The Bertz CT molecular complexity index is 777. The van der Waals surface area contributed by atoms with Crippen molar-refractivity contribution in [2.24, 2.45) is 0 Å². The Morgan fingerprint density at radius 3 is 2.55 bits per heavy atom. The van der Waals surface area contributed by atoms with E-state index in [-0.39, 0.29) is 11.4 Å². The lowest BCUT2D eigenvalue weighted by Crippen LogP contribution is -2.07. The van der Waals surface area contributed by atoms with Crippen LogP contribution in [0.4, 0.5) is 13.2 Å². The molecule has 0 N–H and O–H groups in total. The van der Waals surface area contributed by atoms with Crippen LogP contribution in [-0.2, 0) is 6.18 Å². The number of aromatic nitrogens is 2. The SMILES string of the molecule is FC(F)(F)c1ccccc1-c1ncc2c(Cl)cccn12. The zero-order valence-corrected chi connectivity index (χ0v) is 10.8. The first kappa shape index (κ1) is 13.0. The van der Waals surface area contributed by atoms with E-state index in [1.54, 1.807) is 28.8 Å². The Morgan fingerprint density at radius 1 is 1.05 bits per heavy atom. The number of benzene rings is 1. The largest absolute Gasteiger partial charge is 0.417 e. The maximum absolute atomic E-state index is 13.1. The van der Waals surface area contributed by atoms with Gasteiger partial charge < -0.3 is 0 Å².